The lowest BCUT2D eigenvalue weighted by Crippen LogP contribution is -2.36. The van der Waals surface area contributed by atoms with Crippen LogP contribution in [0.2, 0.25) is 0 Å². The van der Waals surface area contributed by atoms with Crippen molar-refractivity contribution in [2.45, 2.75) is 425 Å². The molecule has 0 saturated carbocycles. The molecule has 0 heterocycles. The van der Waals surface area contributed by atoms with Crippen molar-refractivity contribution in [2.75, 3.05) is 73.6 Å². The maximum Gasteiger partial charge on any atom is 0.421 e. The van der Waals surface area contributed by atoms with Gasteiger partial charge in [-0.1, -0.05) is 333 Å². The molecule has 28 heteroatoms. The van der Waals surface area contributed by atoms with E-state index >= 15 is 0 Å². The first-order valence-electron chi connectivity index (χ1n) is 51.1. The van der Waals surface area contributed by atoms with Crippen molar-refractivity contribution in [3.63, 3.8) is 0 Å². The highest BCUT2D eigenvalue weighted by Gasteiger charge is 2.37. The average Bonchev–Trinajstić information content (AvgIpc) is 0.871. The van der Waals surface area contributed by atoms with Crippen molar-refractivity contribution < 1.29 is 85.0 Å². The Morgan fingerprint density at radius 1 is 0.358 bits per heavy atom. The molecule has 0 spiro atoms. The second-order valence-electron chi connectivity index (χ2n) is 53.0. The smallest absolute Gasteiger partial charge is 0.421 e. The van der Waals surface area contributed by atoms with E-state index in [1.165, 1.54) is 24.3 Å². The highest BCUT2D eigenvalue weighted by molar-refractivity contribution is 6.31. The van der Waals surface area contributed by atoms with Crippen LogP contribution in [-0.2, 0) is 71.8 Å². The van der Waals surface area contributed by atoms with Crippen LogP contribution < -0.4 is 26.6 Å². The van der Waals surface area contributed by atoms with Crippen LogP contribution in [0.25, 0.3) is 0 Å². The summed E-state index contributed by atoms with van der Waals surface area (Å²) in [6.07, 6.45) is 18.0. The summed E-state index contributed by atoms with van der Waals surface area (Å²) in [4.78, 5) is 146. The lowest BCUT2D eigenvalue weighted by atomic mass is 9.89. The van der Waals surface area contributed by atoms with Gasteiger partial charge in [0.2, 0.25) is 29.5 Å². The zero-order valence-corrected chi connectivity index (χ0v) is 106. The number of allylic oxidation sites excluding steroid dienone is 8. The molecule has 0 aromatic heterocycles. The third-order valence-corrected chi connectivity index (χ3v) is 17.8. The van der Waals surface area contributed by atoms with Gasteiger partial charge in [0.1, 0.15) is 27.8 Å². The maximum absolute atomic E-state index is 12.0. The topological polar surface area (TPSA) is 307 Å². The fourth-order valence-electron chi connectivity index (χ4n) is 8.38. The van der Waals surface area contributed by atoms with Gasteiger partial charge in [0.25, 0.3) is 5.91 Å². The lowest BCUT2D eigenvalue weighted by Gasteiger charge is -2.26. The van der Waals surface area contributed by atoms with E-state index in [4.69, 9.17) is 44.3 Å². The SMILES string of the molecule is C/C=C/C(=O)CCC(C)(C)C.C=C(C(=O)NCC(C)(C)C)C(F)(F)F.C=C(C)C(=O)NCC(C)(C)C.C=CC(=O)CCC(C)(C)C.C=CC(=O)N(C)CC(C)(C)C.C=CC(=O)OC(C)C(C)(C)C.C=CC(=O)OCC(C)(C)C.CC(C)=CC(=O)CC(C)(C)C.CC(C)=CC(=O)CCC(C)(C)C.CC(Cl)C(=O)NCC(C)(C)C.CN(C)C/C=C/C(=O)CCC(C)(C)C.C[C@@H](Cl)C(=O)NCC(C)(C)C.C[C@H](Cl)C(=O)NCC(C)(C)C. The molecule has 0 radical (unpaired) electrons. The molecule has 0 rings (SSSR count). The molecule has 0 aliphatic carbocycles. The van der Waals surface area contributed by atoms with Crippen LogP contribution in [0.3, 0.4) is 0 Å². The number of alkyl halides is 6. The highest BCUT2D eigenvalue weighted by Crippen LogP contribution is 2.28. The van der Waals surface area contributed by atoms with E-state index in [2.05, 4.69) is 274 Å². The van der Waals surface area contributed by atoms with Gasteiger partial charge < -0.3 is 45.9 Å². The Morgan fingerprint density at radius 3 is 0.878 bits per heavy atom. The van der Waals surface area contributed by atoms with Crippen molar-refractivity contribution in [2.24, 2.45) is 70.4 Å². The van der Waals surface area contributed by atoms with Crippen molar-refractivity contribution >= 4 is 111 Å². The lowest BCUT2D eigenvalue weighted by molar-refractivity contribution is -0.147. The molecule has 22 nitrogen and oxygen atoms in total. The number of likely N-dealkylation sites (N-methyl/N-ethyl adjacent to an activating group) is 2. The van der Waals surface area contributed by atoms with Gasteiger partial charge in [-0.3, -0.25) is 52.7 Å². The van der Waals surface area contributed by atoms with Crippen molar-refractivity contribution in [3.05, 3.63) is 123 Å². The zero-order valence-electron chi connectivity index (χ0n) is 104. The third-order valence-electron chi connectivity index (χ3n) is 17.2. The summed E-state index contributed by atoms with van der Waals surface area (Å²) < 4.78 is 45.7. The molecule has 0 bridgehead atoms. The third kappa shape index (κ3) is 161. The average molecular weight is 2170 g/mol. The number of hydrogen-bond acceptors (Lipinski definition) is 16. The molecule has 148 heavy (non-hydrogen) atoms. The van der Waals surface area contributed by atoms with Crippen LogP contribution in [0.1, 0.15) is 397 Å². The van der Waals surface area contributed by atoms with Gasteiger partial charge in [0, 0.05) is 103 Å². The van der Waals surface area contributed by atoms with Crippen LogP contribution in [-0.4, -0.2) is 188 Å². The number of halogens is 6. The normalized spacial score (nSPS) is 12.3. The fourth-order valence-corrected chi connectivity index (χ4v) is 8.61. The summed E-state index contributed by atoms with van der Waals surface area (Å²) >= 11 is 16.6. The van der Waals surface area contributed by atoms with Gasteiger partial charge in [-0.15, -0.1) is 34.8 Å². The number of ketones is 5. The molecule has 5 N–H and O–H groups in total. The van der Waals surface area contributed by atoms with E-state index in [1.54, 1.807) is 70.0 Å². The molecule has 868 valence electrons. The molecule has 0 aliphatic rings. The van der Waals surface area contributed by atoms with Crippen LogP contribution in [0.4, 0.5) is 13.2 Å². The maximum atomic E-state index is 12.0. The van der Waals surface area contributed by atoms with E-state index in [9.17, 15) is 75.5 Å². The molecular formula is C120H221Cl3F3N7O15. The van der Waals surface area contributed by atoms with Crippen molar-refractivity contribution in [3.8, 4) is 0 Å². The molecule has 0 aliphatic heterocycles. The minimum Gasteiger partial charge on any atom is -0.462 e. The van der Waals surface area contributed by atoms with Crippen LogP contribution >= 0.6 is 34.8 Å². The van der Waals surface area contributed by atoms with Gasteiger partial charge in [-0.2, -0.15) is 13.2 Å². The zero-order chi connectivity index (χ0) is 121. The van der Waals surface area contributed by atoms with E-state index < -0.39 is 33.8 Å². The number of ether oxygens (including phenoxy) is 2. The van der Waals surface area contributed by atoms with Crippen LogP contribution in [0.5, 0.6) is 0 Å². The summed E-state index contributed by atoms with van der Waals surface area (Å²) in [6.45, 7) is 123. The molecule has 0 saturated heterocycles. The minimum absolute atomic E-state index is 0.00132. The quantitative estimate of drug-likeness (QED) is 0.0237. The Hall–Kier alpha value is -7.87. The van der Waals surface area contributed by atoms with E-state index in [1.807, 2.05) is 129 Å². The molecule has 4 atom stereocenters. The Morgan fingerprint density at radius 2 is 0.649 bits per heavy atom. The summed E-state index contributed by atoms with van der Waals surface area (Å²) in [6, 6.07) is 0. The number of esters is 2. The minimum atomic E-state index is -4.65. The number of hydrogen-bond donors (Lipinski definition) is 5. The van der Waals surface area contributed by atoms with Gasteiger partial charge in [0.05, 0.1) is 6.61 Å². The number of carbonyl (C=O) groups excluding carboxylic acids is 13. The second kappa shape index (κ2) is 82.7. The summed E-state index contributed by atoms with van der Waals surface area (Å²) in [5.74, 6) is -1.11. The molecule has 6 amide bonds. The van der Waals surface area contributed by atoms with Gasteiger partial charge in [-0.05, 0) is 216 Å². The highest BCUT2D eigenvalue weighted by atomic mass is 35.5. The first kappa shape index (κ1) is 168. The predicted molar refractivity (Wildman–Crippen MR) is 627 cm³/mol. The largest absolute Gasteiger partial charge is 0.462 e. The van der Waals surface area contributed by atoms with Gasteiger partial charge in [0.15, 0.2) is 28.9 Å². The van der Waals surface area contributed by atoms with Crippen LogP contribution in [0, 0.1) is 70.4 Å². The monoisotopic (exact) mass is 2160 g/mol. The summed E-state index contributed by atoms with van der Waals surface area (Å²) in [5.41, 5.74) is 3.03. The van der Waals surface area contributed by atoms with E-state index in [0.717, 1.165) is 49.9 Å². The number of rotatable bonds is 32. The standard InChI is InChI=1S/C12H23NO.C11H20O.2C10H18O.C9H14F3NO.2C9H17NO.C9H16O2.C9H16O.3C8H16ClNO.C8H14O2/c1-12(2,3)9-8-11(14)7-6-10-13(4)5;1-9(2)8-10(12)6-7-11(3,4)5;1-8(2)6-9(11)7-10(3,4)5;1-5-6-9(11)7-8-10(2,3)4;1-6(9(10,11)12)7(14)13-5-8(2,3)4;1-7(2)8(11)10-6-9(3,4)5;1-6-8(11)10(5)7-9(2,3)4;1-6-8(10)11-7(2)9(3,4)5;1-5-8(10)6-7-9(2,3)4;3*1-6(9)7(11)10-5-8(2,3)4;1-5-7(9)10-6-8(2,3)4/h6-7H,8-10H2,1-5H3;8H,6-7H2,1-5H3;6H,7H2,1-5H3;5-6H,7-8H2,1-4H3;1,5H2,2-4H3,(H,13,14);1,6H2,2-5H3,(H,10,11);6H,1,7H2,2-5H3;6-7H,1H2,2-5H3;5H,1,6-7H2,2-4H3;3*6H,5H2,1-4H3,(H,10,11);5H,1,6H2,2-4H3/b7-6+;;;6-5+;;;;;;;;;/t;;;;;;;;;2*6-;;/m.........10../s1. The van der Waals surface area contributed by atoms with Crippen molar-refractivity contribution in [1.82, 2.24) is 36.4 Å². The summed E-state index contributed by atoms with van der Waals surface area (Å²) in [5, 5.41) is 11.9. The van der Waals surface area contributed by atoms with E-state index in [-0.39, 0.29) is 153 Å². The number of nitrogens with one attached hydrogen (secondary N) is 5. The number of amides is 6. The molecule has 0 aromatic rings. The molecule has 2 unspecified atom stereocenters. The van der Waals surface area contributed by atoms with Crippen molar-refractivity contribution in [1.29, 1.82) is 0 Å². The Balaban J connectivity index is -0.000000121. The molecule has 0 fully saturated rings. The second-order valence-corrected chi connectivity index (χ2v) is 55.0. The first-order chi connectivity index (χ1) is 65.4. The Labute approximate surface area is 918 Å². The van der Waals surface area contributed by atoms with Gasteiger partial charge >= 0.3 is 18.1 Å². The predicted octanol–water partition coefficient (Wildman–Crippen LogP) is 29.2. The molecule has 0 aromatic carbocycles. The first-order valence-corrected chi connectivity index (χ1v) is 52.4. The van der Waals surface area contributed by atoms with E-state index in [0.29, 0.717) is 70.5 Å². The Kier molecular flexibility index (Phi) is 93.8. The van der Waals surface area contributed by atoms with Crippen LogP contribution in [0.15, 0.2) is 123 Å². The Bertz CT molecular complexity index is 3850. The number of nitrogens with zero attached hydrogens (tertiary/aromatic N) is 2. The van der Waals surface area contributed by atoms with Gasteiger partial charge in [-0.25, -0.2) is 9.59 Å². The fraction of sp³-hybridized carbons (Fsp3) is 0.725. The molecular weight excluding hydrogens is 1940 g/mol. The number of carbonyl (C=O) groups is 13. The summed E-state index contributed by atoms with van der Waals surface area (Å²) in [7, 11) is 5.77.